The molecule has 2 aromatic rings. The molecule has 1 saturated carbocycles. The zero-order chi connectivity index (χ0) is 16.2. The number of fused-ring (bicyclic) bond motifs is 1. The van der Waals surface area contributed by atoms with Gasteiger partial charge in [-0.2, -0.15) is 0 Å². The number of nitrogens with zero attached hydrogens (tertiary/aromatic N) is 1. The van der Waals surface area contributed by atoms with Crippen molar-refractivity contribution in [2.75, 3.05) is 0 Å². The highest BCUT2D eigenvalue weighted by atomic mass is 16.5. The molecule has 0 amide bonds. The van der Waals surface area contributed by atoms with Crippen LogP contribution in [0.5, 0.6) is 5.75 Å². The molecule has 1 fully saturated rings. The Morgan fingerprint density at radius 1 is 1.04 bits per heavy atom. The highest BCUT2D eigenvalue weighted by molar-refractivity contribution is 5.73. The molecule has 0 saturated heterocycles. The fourth-order valence-corrected chi connectivity index (χ4v) is 4.62. The first-order chi connectivity index (χ1) is 11.0. The lowest BCUT2D eigenvalue weighted by Gasteiger charge is -2.36. The van der Waals surface area contributed by atoms with Gasteiger partial charge < -0.3 is 4.74 Å². The molecule has 4 rings (SSSR count). The molecule has 2 nitrogen and oxygen atoms in total. The average molecular weight is 308 g/mol. The molecular formula is C21H26NO+. The summed E-state index contributed by atoms with van der Waals surface area (Å²) in [6.07, 6.45) is 7.03. The number of pyridine rings is 1. The first-order valence-electron chi connectivity index (χ1n) is 8.74. The van der Waals surface area contributed by atoms with E-state index in [0.29, 0.717) is 0 Å². The van der Waals surface area contributed by atoms with Gasteiger partial charge in [-0.15, -0.1) is 0 Å². The van der Waals surface area contributed by atoms with Crippen LogP contribution in [0.15, 0.2) is 36.5 Å². The van der Waals surface area contributed by atoms with Gasteiger partial charge in [0.25, 0.3) is 0 Å². The molecule has 0 bridgehead atoms. The summed E-state index contributed by atoms with van der Waals surface area (Å²) in [5, 5.41) is 0. The largest absolute Gasteiger partial charge is 0.485 e. The molecule has 120 valence electrons. The van der Waals surface area contributed by atoms with E-state index in [1.807, 2.05) is 0 Å². The van der Waals surface area contributed by atoms with Gasteiger partial charge in [-0.25, -0.2) is 4.57 Å². The molecule has 0 atom stereocenters. The third kappa shape index (κ3) is 1.90. The summed E-state index contributed by atoms with van der Waals surface area (Å²) in [7, 11) is 2.11. The van der Waals surface area contributed by atoms with Crippen molar-refractivity contribution in [3.63, 3.8) is 0 Å². The van der Waals surface area contributed by atoms with Crippen molar-refractivity contribution in [3.05, 3.63) is 47.7 Å². The van der Waals surface area contributed by atoms with Gasteiger partial charge in [0.2, 0.25) is 5.69 Å². The number of benzene rings is 1. The van der Waals surface area contributed by atoms with Crippen LogP contribution in [0.3, 0.4) is 0 Å². The van der Waals surface area contributed by atoms with Gasteiger partial charge in [-0.1, -0.05) is 26.0 Å². The SMILES string of the molecule is Cc1ccc2c(c1-c1cccc[n+]1C)OC1(CCCC1)C2(C)C. The summed E-state index contributed by atoms with van der Waals surface area (Å²) in [6, 6.07) is 10.9. The number of aryl methyl sites for hydroxylation is 2. The summed E-state index contributed by atoms with van der Waals surface area (Å²) < 4.78 is 8.97. The van der Waals surface area contributed by atoms with E-state index >= 15 is 0 Å². The summed E-state index contributed by atoms with van der Waals surface area (Å²) in [6.45, 7) is 6.93. The summed E-state index contributed by atoms with van der Waals surface area (Å²) >= 11 is 0. The van der Waals surface area contributed by atoms with Crippen LogP contribution in [-0.4, -0.2) is 5.60 Å². The van der Waals surface area contributed by atoms with Gasteiger partial charge in [0, 0.05) is 23.1 Å². The quantitative estimate of drug-likeness (QED) is 0.708. The fraction of sp³-hybridized carbons (Fsp3) is 0.476. The number of rotatable bonds is 1. The van der Waals surface area contributed by atoms with Crippen molar-refractivity contribution in [3.8, 4) is 17.0 Å². The maximum atomic E-state index is 6.78. The molecule has 1 aliphatic heterocycles. The predicted octanol–water partition coefficient (Wildman–Crippen LogP) is 4.47. The minimum Gasteiger partial charge on any atom is -0.485 e. The predicted molar refractivity (Wildman–Crippen MR) is 92.6 cm³/mol. The molecule has 0 N–H and O–H groups in total. The average Bonchev–Trinajstić information content (AvgIpc) is 3.06. The van der Waals surface area contributed by atoms with Crippen molar-refractivity contribution in [2.24, 2.45) is 7.05 Å². The highest BCUT2D eigenvalue weighted by Gasteiger charge is 2.56. The van der Waals surface area contributed by atoms with E-state index in [9.17, 15) is 0 Å². The maximum Gasteiger partial charge on any atom is 0.216 e. The van der Waals surface area contributed by atoms with Gasteiger partial charge in [0.05, 0.1) is 5.56 Å². The monoisotopic (exact) mass is 308 g/mol. The Bertz CT molecular complexity index is 769. The van der Waals surface area contributed by atoms with E-state index in [1.165, 1.54) is 48.1 Å². The van der Waals surface area contributed by atoms with Crippen LogP contribution in [-0.2, 0) is 12.5 Å². The lowest BCUT2D eigenvalue weighted by Crippen LogP contribution is -2.45. The first kappa shape index (κ1) is 14.7. The van der Waals surface area contributed by atoms with E-state index in [4.69, 9.17) is 4.74 Å². The van der Waals surface area contributed by atoms with E-state index in [1.54, 1.807) is 0 Å². The molecule has 0 radical (unpaired) electrons. The van der Waals surface area contributed by atoms with Crippen molar-refractivity contribution in [1.82, 2.24) is 0 Å². The van der Waals surface area contributed by atoms with Gasteiger partial charge in [-0.05, 0) is 44.2 Å². The van der Waals surface area contributed by atoms with Crippen LogP contribution in [0.25, 0.3) is 11.3 Å². The number of ether oxygens (including phenoxy) is 1. The molecule has 1 spiro atoms. The Kier molecular flexibility index (Phi) is 3.10. The van der Waals surface area contributed by atoms with Crippen LogP contribution >= 0.6 is 0 Å². The summed E-state index contributed by atoms with van der Waals surface area (Å²) in [5.41, 5.74) is 5.23. The fourth-order valence-electron chi connectivity index (χ4n) is 4.62. The second kappa shape index (κ2) is 4.83. The van der Waals surface area contributed by atoms with Crippen LogP contribution in [0.1, 0.15) is 50.7 Å². The van der Waals surface area contributed by atoms with Crippen molar-refractivity contribution >= 4 is 0 Å². The molecule has 2 heteroatoms. The minimum absolute atomic E-state index is 0.00870. The smallest absolute Gasteiger partial charge is 0.216 e. The lowest BCUT2D eigenvalue weighted by atomic mass is 9.70. The highest BCUT2D eigenvalue weighted by Crippen LogP contribution is 2.58. The van der Waals surface area contributed by atoms with E-state index < -0.39 is 0 Å². The second-order valence-corrected chi connectivity index (χ2v) is 7.76. The van der Waals surface area contributed by atoms with Crippen molar-refractivity contribution < 1.29 is 9.30 Å². The maximum absolute atomic E-state index is 6.78. The zero-order valence-electron chi connectivity index (χ0n) is 14.6. The zero-order valence-corrected chi connectivity index (χ0v) is 14.6. The van der Waals surface area contributed by atoms with E-state index in [-0.39, 0.29) is 11.0 Å². The summed E-state index contributed by atoms with van der Waals surface area (Å²) in [5.74, 6) is 1.12. The molecule has 2 aliphatic rings. The van der Waals surface area contributed by atoms with Crippen LogP contribution in [0.4, 0.5) is 0 Å². The Hall–Kier alpha value is -1.83. The number of hydrogen-bond acceptors (Lipinski definition) is 1. The number of aromatic nitrogens is 1. The third-order valence-electron chi connectivity index (χ3n) is 6.20. The van der Waals surface area contributed by atoms with Gasteiger partial charge in [0.15, 0.2) is 6.20 Å². The van der Waals surface area contributed by atoms with Crippen LogP contribution in [0.2, 0.25) is 0 Å². The van der Waals surface area contributed by atoms with Gasteiger partial charge in [0.1, 0.15) is 18.4 Å². The molecule has 1 aromatic carbocycles. The molecular weight excluding hydrogens is 282 g/mol. The van der Waals surface area contributed by atoms with E-state index in [2.05, 4.69) is 68.9 Å². The third-order valence-corrected chi connectivity index (χ3v) is 6.20. The van der Waals surface area contributed by atoms with Crippen molar-refractivity contribution in [1.29, 1.82) is 0 Å². The normalized spacial score (nSPS) is 20.5. The molecule has 1 aliphatic carbocycles. The van der Waals surface area contributed by atoms with Crippen molar-refractivity contribution in [2.45, 2.75) is 57.5 Å². The molecule has 2 heterocycles. The Morgan fingerprint density at radius 3 is 2.48 bits per heavy atom. The number of hydrogen-bond donors (Lipinski definition) is 0. The van der Waals surface area contributed by atoms with Gasteiger partial charge >= 0.3 is 0 Å². The standard InChI is InChI=1S/C21H26NO/c1-15-10-11-16-19(18(15)17-9-5-8-14-22(17)4)23-21(20(16,2)3)12-6-7-13-21/h5,8-11,14H,6-7,12-13H2,1-4H3/q+1. The topological polar surface area (TPSA) is 13.1 Å². The Labute approximate surface area is 139 Å². The molecule has 23 heavy (non-hydrogen) atoms. The molecule has 1 aromatic heterocycles. The van der Waals surface area contributed by atoms with Crippen LogP contribution < -0.4 is 9.30 Å². The summed E-state index contributed by atoms with van der Waals surface area (Å²) in [4.78, 5) is 0. The Balaban J connectivity index is 1.96. The lowest BCUT2D eigenvalue weighted by molar-refractivity contribution is -0.660. The van der Waals surface area contributed by atoms with Crippen LogP contribution in [0, 0.1) is 6.92 Å². The van der Waals surface area contributed by atoms with Gasteiger partial charge in [-0.3, -0.25) is 0 Å². The first-order valence-corrected chi connectivity index (χ1v) is 8.74. The molecule has 0 unspecified atom stereocenters. The Morgan fingerprint density at radius 2 is 1.78 bits per heavy atom. The second-order valence-electron chi connectivity index (χ2n) is 7.76. The van der Waals surface area contributed by atoms with E-state index in [0.717, 1.165) is 5.75 Å². The minimum atomic E-state index is -0.00870.